The van der Waals surface area contributed by atoms with Gasteiger partial charge in [0.2, 0.25) is 0 Å². The summed E-state index contributed by atoms with van der Waals surface area (Å²) in [5.41, 5.74) is 0. The molecule has 0 aliphatic heterocycles. The van der Waals surface area contributed by atoms with Gasteiger partial charge in [-0.05, 0) is 19.6 Å². The smallest absolute Gasteiger partial charge is 0.183 e. The molecule has 0 aromatic rings. The molecule has 1 rings (SSSR count). The van der Waals surface area contributed by atoms with Crippen LogP contribution in [-0.4, -0.2) is 15.4 Å². The maximum atomic E-state index is 5.08. The van der Waals surface area contributed by atoms with E-state index in [0.717, 1.165) is 0 Å². The van der Waals surface area contributed by atoms with Gasteiger partial charge in [0.15, 0.2) is 8.32 Å². The molecule has 0 atom stereocenters. The Morgan fingerprint density at radius 1 is 0.643 bits per heavy atom. The summed E-state index contributed by atoms with van der Waals surface area (Å²) in [6.45, 7) is 6.48. The van der Waals surface area contributed by atoms with Crippen LogP contribution in [-0.2, 0) is 4.43 Å². The molecule has 2 heteroatoms. The SMILES string of the molecule is C1CCCCCCC1.CO[Si](C)(C)C. The molecule has 1 aliphatic rings. The van der Waals surface area contributed by atoms with Crippen LogP contribution in [0.3, 0.4) is 0 Å². The predicted molar refractivity (Wildman–Crippen MR) is 67.3 cm³/mol. The van der Waals surface area contributed by atoms with Gasteiger partial charge < -0.3 is 4.43 Å². The van der Waals surface area contributed by atoms with Gasteiger partial charge in [0.05, 0.1) is 0 Å². The lowest BCUT2D eigenvalue weighted by Gasteiger charge is -2.10. The molecule has 0 unspecified atom stereocenters. The Kier molecular flexibility index (Phi) is 8.59. The molecule has 1 aliphatic carbocycles. The highest BCUT2D eigenvalue weighted by Crippen LogP contribution is 2.15. The summed E-state index contributed by atoms with van der Waals surface area (Å²) in [7, 11) is 0.639. The van der Waals surface area contributed by atoms with Crippen LogP contribution in [0.2, 0.25) is 19.6 Å². The van der Waals surface area contributed by atoms with Crippen LogP contribution in [0.1, 0.15) is 51.4 Å². The number of hydrogen-bond acceptors (Lipinski definition) is 1. The van der Waals surface area contributed by atoms with E-state index >= 15 is 0 Å². The standard InChI is InChI=1S/C8H16.C4H12OSi/c1-2-4-6-8-7-5-3-1;1-5-6(2,3)4/h1-8H2;1-4H3. The summed E-state index contributed by atoms with van der Waals surface area (Å²) in [4.78, 5) is 0. The van der Waals surface area contributed by atoms with Gasteiger partial charge >= 0.3 is 0 Å². The van der Waals surface area contributed by atoms with Crippen molar-refractivity contribution in [3.8, 4) is 0 Å². The largest absolute Gasteiger partial charge is 0.421 e. The summed E-state index contributed by atoms with van der Waals surface area (Å²) in [5.74, 6) is 0. The van der Waals surface area contributed by atoms with Crippen LogP contribution in [0.15, 0.2) is 0 Å². The molecular formula is C12H28OSi. The summed E-state index contributed by atoms with van der Waals surface area (Å²) >= 11 is 0. The molecule has 0 bridgehead atoms. The molecule has 0 radical (unpaired) electrons. The normalized spacial score (nSPS) is 18.9. The molecule has 1 saturated carbocycles. The second kappa shape index (κ2) is 8.48. The molecule has 0 saturated heterocycles. The first-order chi connectivity index (χ1) is 6.56. The fourth-order valence-electron chi connectivity index (χ4n) is 1.41. The van der Waals surface area contributed by atoms with Crippen molar-refractivity contribution in [3.05, 3.63) is 0 Å². The second-order valence-electron chi connectivity index (χ2n) is 5.14. The Hall–Kier alpha value is 0.177. The highest BCUT2D eigenvalue weighted by atomic mass is 28.4. The van der Waals surface area contributed by atoms with Crippen LogP contribution in [0.4, 0.5) is 0 Å². The molecule has 0 amide bonds. The zero-order valence-electron chi connectivity index (χ0n) is 10.6. The van der Waals surface area contributed by atoms with Crippen molar-refractivity contribution in [2.75, 3.05) is 7.11 Å². The molecule has 1 fully saturated rings. The van der Waals surface area contributed by atoms with E-state index < -0.39 is 8.32 Å². The van der Waals surface area contributed by atoms with E-state index in [2.05, 4.69) is 19.6 Å². The Balaban J connectivity index is 0.000000255. The maximum absolute atomic E-state index is 5.08. The lowest BCUT2D eigenvalue weighted by atomic mass is 10.0. The van der Waals surface area contributed by atoms with Crippen LogP contribution in [0, 0.1) is 0 Å². The van der Waals surface area contributed by atoms with E-state index in [1.54, 1.807) is 7.11 Å². The summed E-state index contributed by atoms with van der Waals surface area (Å²) < 4.78 is 5.08. The van der Waals surface area contributed by atoms with Gasteiger partial charge in [-0.3, -0.25) is 0 Å². The highest BCUT2D eigenvalue weighted by Gasteiger charge is 2.09. The quantitative estimate of drug-likeness (QED) is 0.583. The lowest BCUT2D eigenvalue weighted by Crippen LogP contribution is -2.22. The fourth-order valence-corrected chi connectivity index (χ4v) is 1.41. The highest BCUT2D eigenvalue weighted by molar-refractivity contribution is 6.69. The van der Waals surface area contributed by atoms with E-state index in [1.807, 2.05) is 0 Å². The van der Waals surface area contributed by atoms with E-state index in [0.29, 0.717) is 0 Å². The van der Waals surface area contributed by atoms with Crippen molar-refractivity contribution in [2.24, 2.45) is 0 Å². The molecule has 1 nitrogen and oxygen atoms in total. The average molecular weight is 216 g/mol. The first kappa shape index (κ1) is 14.2. The topological polar surface area (TPSA) is 9.23 Å². The monoisotopic (exact) mass is 216 g/mol. The molecular weight excluding hydrogens is 188 g/mol. The zero-order chi connectivity index (χ0) is 10.9. The fraction of sp³-hybridized carbons (Fsp3) is 1.00. The Morgan fingerprint density at radius 3 is 0.857 bits per heavy atom. The van der Waals surface area contributed by atoms with Crippen molar-refractivity contribution in [1.29, 1.82) is 0 Å². The zero-order valence-corrected chi connectivity index (χ0v) is 11.6. The number of hydrogen-bond donors (Lipinski definition) is 0. The lowest BCUT2D eigenvalue weighted by molar-refractivity contribution is 0.411. The first-order valence-corrected chi connectivity index (χ1v) is 9.52. The third-order valence-corrected chi connectivity index (χ3v) is 3.84. The van der Waals surface area contributed by atoms with Gasteiger partial charge in [-0.15, -0.1) is 0 Å². The van der Waals surface area contributed by atoms with E-state index in [9.17, 15) is 0 Å². The molecule has 14 heavy (non-hydrogen) atoms. The van der Waals surface area contributed by atoms with Crippen molar-refractivity contribution < 1.29 is 4.43 Å². The molecule has 0 heterocycles. The number of rotatable bonds is 1. The van der Waals surface area contributed by atoms with Crippen LogP contribution in [0.5, 0.6) is 0 Å². The van der Waals surface area contributed by atoms with Crippen LogP contribution >= 0.6 is 0 Å². The Morgan fingerprint density at radius 2 is 0.786 bits per heavy atom. The van der Waals surface area contributed by atoms with Crippen molar-refractivity contribution in [3.63, 3.8) is 0 Å². The van der Waals surface area contributed by atoms with Gasteiger partial charge in [-0.2, -0.15) is 0 Å². The minimum Gasteiger partial charge on any atom is -0.421 e. The Labute approximate surface area is 91.4 Å². The van der Waals surface area contributed by atoms with Gasteiger partial charge in [-0.25, -0.2) is 0 Å². The van der Waals surface area contributed by atoms with Gasteiger partial charge in [0.25, 0.3) is 0 Å². The van der Waals surface area contributed by atoms with Crippen LogP contribution < -0.4 is 0 Å². The molecule has 0 aromatic carbocycles. The predicted octanol–water partition coefficient (Wildman–Crippen LogP) is 4.59. The Bertz CT molecular complexity index is 94.0. The van der Waals surface area contributed by atoms with E-state index in [4.69, 9.17) is 4.43 Å². The summed E-state index contributed by atoms with van der Waals surface area (Å²) in [5, 5.41) is 0. The van der Waals surface area contributed by atoms with Crippen molar-refractivity contribution in [1.82, 2.24) is 0 Å². The van der Waals surface area contributed by atoms with Gasteiger partial charge in [0.1, 0.15) is 0 Å². The molecule has 0 spiro atoms. The minimum absolute atomic E-state index is 1.13. The third-order valence-electron chi connectivity index (χ3n) is 2.61. The summed E-state index contributed by atoms with van der Waals surface area (Å²) in [6.07, 6.45) is 12.0. The van der Waals surface area contributed by atoms with Gasteiger partial charge in [-0.1, -0.05) is 51.4 Å². The molecule has 86 valence electrons. The van der Waals surface area contributed by atoms with Crippen molar-refractivity contribution >= 4 is 8.32 Å². The van der Waals surface area contributed by atoms with Crippen molar-refractivity contribution in [2.45, 2.75) is 71.0 Å². The molecule has 0 N–H and O–H groups in total. The van der Waals surface area contributed by atoms with E-state index in [-0.39, 0.29) is 0 Å². The third kappa shape index (κ3) is 12.2. The maximum Gasteiger partial charge on any atom is 0.183 e. The van der Waals surface area contributed by atoms with Crippen LogP contribution in [0.25, 0.3) is 0 Å². The first-order valence-electron chi connectivity index (χ1n) is 6.11. The average Bonchev–Trinajstić information content (AvgIpc) is 2.02. The van der Waals surface area contributed by atoms with E-state index in [1.165, 1.54) is 51.4 Å². The summed E-state index contributed by atoms with van der Waals surface area (Å²) in [6, 6.07) is 0. The second-order valence-corrected chi connectivity index (χ2v) is 9.78. The molecule has 0 aromatic heterocycles. The minimum atomic E-state index is -1.13. The van der Waals surface area contributed by atoms with Gasteiger partial charge in [0, 0.05) is 7.11 Å².